The molecule has 1 amide bonds. The fourth-order valence-electron chi connectivity index (χ4n) is 2.16. The first-order chi connectivity index (χ1) is 10.2. The summed E-state index contributed by atoms with van der Waals surface area (Å²) in [4.78, 5) is 14.5. The number of anilines is 1. The van der Waals surface area contributed by atoms with Gasteiger partial charge in [-0.2, -0.15) is 0 Å². The van der Waals surface area contributed by atoms with Gasteiger partial charge in [-0.1, -0.05) is 38.0 Å². The number of hydrogen-bond acceptors (Lipinski definition) is 2. The number of benzene rings is 2. The third kappa shape index (κ3) is 3.44. The number of hydrogen-bond donors (Lipinski definition) is 1. The SMILES string of the molecule is CN(C(=O)c1ccc(Br)cc1F)c1ccccc1[SH](C)(C)=O. The smallest absolute Gasteiger partial charge is 0.261 e. The summed E-state index contributed by atoms with van der Waals surface area (Å²) in [5, 5.41) is 0. The molecule has 2 aromatic carbocycles. The molecule has 0 fully saturated rings. The predicted octanol–water partition coefficient (Wildman–Crippen LogP) is 3.50. The van der Waals surface area contributed by atoms with E-state index in [-0.39, 0.29) is 5.56 Å². The van der Waals surface area contributed by atoms with Crippen LogP contribution < -0.4 is 4.90 Å². The Kier molecular flexibility index (Phi) is 4.82. The zero-order valence-electron chi connectivity index (χ0n) is 12.5. The van der Waals surface area contributed by atoms with Crippen molar-refractivity contribution in [1.82, 2.24) is 0 Å². The molecule has 0 bridgehead atoms. The summed E-state index contributed by atoms with van der Waals surface area (Å²) < 4.78 is 26.9. The van der Waals surface area contributed by atoms with Crippen LogP contribution in [0.3, 0.4) is 0 Å². The maximum atomic E-state index is 14.0. The summed E-state index contributed by atoms with van der Waals surface area (Å²) in [7, 11) is -1.00. The molecule has 3 nitrogen and oxygen atoms in total. The summed E-state index contributed by atoms with van der Waals surface area (Å²) in [6.07, 6.45) is 3.29. The molecule has 0 saturated carbocycles. The Bertz CT molecular complexity index is 772. The van der Waals surface area contributed by atoms with Crippen molar-refractivity contribution < 1.29 is 13.4 Å². The number of nitrogens with zero attached hydrogens (tertiary/aromatic N) is 1. The van der Waals surface area contributed by atoms with Gasteiger partial charge in [-0.25, -0.2) is 4.39 Å². The third-order valence-corrected chi connectivity index (χ3v) is 5.32. The van der Waals surface area contributed by atoms with E-state index in [0.717, 1.165) is 0 Å². The Morgan fingerprint density at radius 2 is 1.82 bits per heavy atom. The molecule has 118 valence electrons. The van der Waals surface area contributed by atoms with E-state index in [2.05, 4.69) is 15.9 Å². The lowest BCUT2D eigenvalue weighted by atomic mass is 10.1. The molecule has 0 aromatic heterocycles. The Balaban J connectivity index is 2.46. The predicted molar refractivity (Wildman–Crippen MR) is 92.9 cm³/mol. The molecule has 0 N–H and O–H groups in total. The van der Waals surface area contributed by atoms with Crippen LogP contribution in [0.25, 0.3) is 0 Å². The molecule has 0 spiro atoms. The van der Waals surface area contributed by atoms with Crippen molar-refractivity contribution in [3.63, 3.8) is 0 Å². The minimum Gasteiger partial charge on any atom is -0.310 e. The molecule has 0 unspecified atom stereocenters. The maximum absolute atomic E-state index is 14.0. The van der Waals surface area contributed by atoms with E-state index in [9.17, 15) is 13.4 Å². The minimum absolute atomic E-state index is 0.0254. The molecule has 0 aliphatic carbocycles. The molecule has 6 heteroatoms. The quantitative estimate of drug-likeness (QED) is 0.820. The molecule has 2 rings (SSSR count). The Morgan fingerprint density at radius 1 is 1.18 bits per heavy atom. The molecule has 0 atom stereocenters. The first kappa shape index (κ1) is 16.8. The summed E-state index contributed by atoms with van der Waals surface area (Å²) >= 11 is 3.16. The summed E-state index contributed by atoms with van der Waals surface area (Å²) in [5.41, 5.74) is 0.505. The largest absolute Gasteiger partial charge is 0.310 e. The number of thiol groups is 1. The maximum Gasteiger partial charge on any atom is 0.261 e. The van der Waals surface area contributed by atoms with Crippen molar-refractivity contribution >= 4 is 37.5 Å². The fraction of sp³-hybridized carbons (Fsp3) is 0.188. The highest BCUT2D eigenvalue weighted by atomic mass is 79.9. The third-order valence-electron chi connectivity index (χ3n) is 3.29. The lowest BCUT2D eigenvalue weighted by Crippen LogP contribution is -2.29. The molecule has 22 heavy (non-hydrogen) atoms. The van der Waals surface area contributed by atoms with Gasteiger partial charge in [0.25, 0.3) is 5.91 Å². The van der Waals surface area contributed by atoms with Gasteiger partial charge in [0.1, 0.15) is 5.82 Å². The van der Waals surface area contributed by atoms with Crippen LogP contribution in [-0.2, 0) is 9.93 Å². The fourth-order valence-corrected chi connectivity index (χ4v) is 3.71. The molecular formula is C16H17BrFNO2S. The summed E-state index contributed by atoms with van der Waals surface area (Å²) in [5.74, 6) is -1.08. The van der Waals surface area contributed by atoms with Crippen LogP contribution in [0.15, 0.2) is 51.8 Å². The lowest BCUT2D eigenvalue weighted by molar-refractivity contribution is 0.0988. The highest BCUT2D eigenvalue weighted by molar-refractivity contribution is 9.10. The van der Waals surface area contributed by atoms with E-state index < -0.39 is 21.7 Å². The molecule has 0 radical (unpaired) electrons. The normalized spacial score (nSPS) is 12.0. The van der Waals surface area contributed by atoms with Gasteiger partial charge in [0.2, 0.25) is 0 Å². The van der Waals surface area contributed by atoms with E-state index in [1.807, 2.05) is 0 Å². The van der Waals surface area contributed by atoms with Gasteiger partial charge in [0.15, 0.2) is 0 Å². The second-order valence-electron chi connectivity index (χ2n) is 5.33. The molecule has 0 heterocycles. The van der Waals surface area contributed by atoms with Crippen LogP contribution in [-0.4, -0.2) is 29.7 Å². The number of carbonyl (C=O) groups is 1. The van der Waals surface area contributed by atoms with E-state index in [0.29, 0.717) is 15.1 Å². The van der Waals surface area contributed by atoms with Crippen molar-refractivity contribution in [2.24, 2.45) is 0 Å². The van der Waals surface area contributed by atoms with Gasteiger partial charge in [-0.05, 0) is 42.8 Å². The van der Waals surface area contributed by atoms with E-state index in [1.165, 1.54) is 17.0 Å². The highest BCUT2D eigenvalue weighted by Gasteiger charge is 2.21. The van der Waals surface area contributed by atoms with Gasteiger partial charge in [0.05, 0.1) is 11.3 Å². The monoisotopic (exact) mass is 385 g/mol. The number of carbonyl (C=O) groups excluding carboxylic acids is 1. The van der Waals surface area contributed by atoms with Crippen LogP contribution >= 0.6 is 15.9 Å². The first-order valence-electron chi connectivity index (χ1n) is 6.59. The highest BCUT2D eigenvalue weighted by Crippen LogP contribution is 2.28. The Morgan fingerprint density at radius 3 is 2.41 bits per heavy atom. The Labute approximate surface area is 138 Å². The lowest BCUT2D eigenvalue weighted by Gasteiger charge is -2.24. The van der Waals surface area contributed by atoms with Gasteiger partial charge in [0, 0.05) is 16.4 Å². The average molecular weight is 386 g/mol. The topological polar surface area (TPSA) is 37.4 Å². The van der Waals surface area contributed by atoms with E-state index in [4.69, 9.17) is 0 Å². The van der Waals surface area contributed by atoms with E-state index in [1.54, 1.807) is 49.9 Å². The van der Waals surface area contributed by atoms with E-state index >= 15 is 0 Å². The summed E-state index contributed by atoms with van der Waals surface area (Å²) in [6, 6.07) is 11.3. The van der Waals surface area contributed by atoms with Crippen LogP contribution in [0.2, 0.25) is 0 Å². The van der Waals surface area contributed by atoms with Crippen molar-refractivity contribution in [3.05, 3.63) is 58.3 Å². The molecule has 0 saturated heterocycles. The van der Waals surface area contributed by atoms with Gasteiger partial charge in [-0.15, -0.1) is 0 Å². The average Bonchev–Trinajstić information content (AvgIpc) is 2.45. The molecule has 0 aliphatic rings. The number of amides is 1. The first-order valence-corrected chi connectivity index (χ1v) is 9.99. The second-order valence-corrected chi connectivity index (χ2v) is 9.43. The van der Waals surface area contributed by atoms with Crippen LogP contribution in [0.1, 0.15) is 10.4 Å². The van der Waals surface area contributed by atoms with Crippen molar-refractivity contribution in [2.45, 2.75) is 4.90 Å². The van der Waals surface area contributed by atoms with Crippen molar-refractivity contribution in [2.75, 3.05) is 24.5 Å². The molecule has 0 aliphatic heterocycles. The number of halogens is 2. The number of rotatable bonds is 3. The molecular weight excluding hydrogens is 369 g/mol. The van der Waals surface area contributed by atoms with Crippen LogP contribution in [0.4, 0.5) is 10.1 Å². The zero-order chi connectivity index (χ0) is 16.5. The van der Waals surface area contributed by atoms with Gasteiger partial charge >= 0.3 is 0 Å². The van der Waals surface area contributed by atoms with Crippen molar-refractivity contribution in [1.29, 1.82) is 0 Å². The Hall–Kier alpha value is -1.53. The number of para-hydroxylation sites is 1. The standard InChI is InChI=1S/C16H17BrFNO2S/c1-19(14-6-4-5-7-15(14)22(2,3)21)16(20)12-9-8-11(17)10-13(12)18/h4-10,22H,1-3H3. The summed E-state index contributed by atoms with van der Waals surface area (Å²) in [6.45, 7) is 0. The second kappa shape index (κ2) is 6.30. The zero-order valence-corrected chi connectivity index (χ0v) is 15.0. The van der Waals surface area contributed by atoms with Crippen LogP contribution in [0.5, 0.6) is 0 Å². The van der Waals surface area contributed by atoms with Gasteiger partial charge in [-0.3, -0.25) is 9.00 Å². The van der Waals surface area contributed by atoms with Crippen molar-refractivity contribution in [3.8, 4) is 0 Å². The van der Waals surface area contributed by atoms with Crippen LogP contribution in [0, 0.1) is 5.82 Å². The molecule has 2 aromatic rings. The minimum atomic E-state index is -2.56. The van der Waals surface area contributed by atoms with Gasteiger partial charge < -0.3 is 4.90 Å².